The molecule has 0 saturated carbocycles. The van der Waals surface area contributed by atoms with Crippen LogP contribution in [0.4, 0.5) is 5.82 Å². The normalized spacial score (nSPS) is 10.8. The van der Waals surface area contributed by atoms with Crippen molar-refractivity contribution in [3.05, 3.63) is 28.9 Å². The summed E-state index contributed by atoms with van der Waals surface area (Å²) in [4.78, 5) is 6.27. The molecule has 0 aliphatic carbocycles. The highest BCUT2D eigenvalue weighted by molar-refractivity contribution is 9.10. The average Bonchev–Trinajstić information content (AvgIpc) is 2.21. The number of halogens is 1. The van der Waals surface area contributed by atoms with Gasteiger partial charge < -0.3 is 10.6 Å². The van der Waals surface area contributed by atoms with E-state index in [4.69, 9.17) is 5.73 Å². The lowest BCUT2D eigenvalue weighted by Gasteiger charge is -2.11. The molecule has 0 amide bonds. The van der Waals surface area contributed by atoms with Gasteiger partial charge in [0.25, 0.3) is 0 Å². The minimum Gasteiger partial charge on any atom is -0.383 e. The minimum absolute atomic E-state index is 0.554. The fourth-order valence-corrected chi connectivity index (χ4v) is 1.81. The summed E-state index contributed by atoms with van der Waals surface area (Å²) in [6.07, 6.45) is 3.73. The molecular formula is C12H18BrN3. The van der Waals surface area contributed by atoms with E-state index in [-0.39, 0.29) is 0 Å². The minimum atomic E-state index is 0.554. The number of allylic oxidation sites excluding steroid dienone is 1. The van der Waals surface area contributed by atoms with Crippen LogP contribution < -0.4 is 5.73 Å². The zero-order valence-electron chi connectivity index (χ0n) is 9.83. The smallest absolute Gasteiger partial charge is 0.130 e. The largest absolute Gasteiger partial charge is 0.383 e. The molecule has 0 aliphatic heterocycles. The molecular weight excluding hydrogens is 266 g/mol. The second-order valence-electron chi connectivity index (χ2n) is 4.10. The second-order valence-corrected chi connectivity index (χ2v) is 5.01. The molecule has 1 rings (SSSR count). The zero-order valence-corrected chi connectivity index (χ0v) is 11.4. The highest BCUT2D eigenvalue weighted by Gasteiger charge is 2.05. The number of hydrogen-bond acceptors (Lipinski definition) is 3. The van der Waals surface area contributed by atoms with Gasteiger partial charge in [-0.2, -0.15) is 0 Å². The zero-order chi connectivity index (χ0) is 12.1. The van der Waals surface area contributed by atoms with Crippen molar-refractivity contribution < 1.29 is 0 Å². The van der Waals surface area contributed by atoms with Crippen LogP contribution in [0.2, 0.25) is 0 Å². The number of rotatable bonds is 5. The molecule has 0 radical (unpaired) electrons. The van der Waals surface area contributed by atoms with Crippen LogP contribution in [0, 0.1) is 0 Å². The van der Waals surface area contributed by atoms with Crippen LogP contribution in [-0.4, -0.2) is 30.5 Å². The molecule has 3 nitrogen and oxygen atoms in total. The van der Waals surface area contributed by atoms with E-state index in [1.807, 2.05) is 6.07 Å². The predicted molar refractivity (Wildman–Crippen MR) is 73.2 cm³/mol. The predicted octanol–water partition coefficient (Wildman–Crippen LogP) is 2.78. The third-order valence-corrected chi connectivity index (χ3v) is 2.78. The Bertz CT molecular complexity index is 375. The Morgan fingerprint density at radius 2 is 2.25 bits per heavy atom. The number of aromatic nitrogens is 1. The van der Waals surface area contributed by atoms with Crippen molar-refractivity contribution in [3.8, 4) is 0 Å². The molecule has 1 heterocycles. The van der Waals surface area contributed by atoms with Gasteiger partial charge in [0.1, 0.15) is 5.82 Å². The lowest BCUT2D eigenvalue weighted by molar-refractivity contribution is 0.403. The average molecular weight is 284 g/mol. The quantitative estimate of drug-likeness (QED) is 0.904. The van der Waals surface area contributed by atoms with Gasteiger partial charge >= 0.3 is 0 Å². The van der Waals surface area contributed by atoms with Gasteiger partial charge in [-0.3, -0.25) is 0 Å². The maximum Gasteiger partial charge on any atom is 0.130 e. The summed E-state index contributed by atoms with van der Waals surface area (Å²) in [5.41, 5.74) is 7.82. The topological polar surface area (TPSA) is 42.2 Å². The molecule has 1 aromatic heterocycles. The number of nitrogens with two attached hydrogens (primary N) is 1. The Balaban J connectivity index is 2.62. The van der Waals surface area contributed by atoms with Crippen LogP contribution in [0.3, 0.4) is 0 Å². The molecule has 0 aromatic carbocycles. The molecule has 0 saturated heterocycles. The van der Waals surface area contributed by atoms with Gasteiger partial charge in [0.2, 0.25) is 0 Å². The maximum atomic E-state index is 5.82. The monoisotopic (exact) mass is 283 g/mol. The fourth-order valence-electron chi connectivity index (χ4n) is 1.48. The molecule has 2 N–H and O–H groups in total. The van der Waals surface area contributed by atoms with Gasteiger partial charge in [-0.25, -0.2) is 4.98 Å². The van der Waals surface area contributed by atoms with Crippen LogP contribution in [0.25, 0.3) is 5.57 Å². The van der Waals surface area contributed by atoms with Crippen molar-refractivity contribution >= 4 is 27.3 Å². The molecule has 16 heavy (non-hydrogen) atoms. The van der Waals surface area contributed by atoms with E-state index >= 15 is 0 Å². The Kier molecular flexibility index (Phi) is 4.96. The van der Waals surface area contributed by atoms with Crippen molar-refractivity contribution in [1.29, 1.82) is 0 Å². The van der Waals surface area contributed by atoms with Crippen LogP contribution in [0.5, 0.6) is 0 Å². The van der Waals surface area contributed by atoms with Crippen LogP contribution in [0.1, 0.15) is 18.4 Å². The molecule has 0 fully saturated rings. The van der Waals surface area contributed by atoms with Crippen molar-refractivity contribution in [2.75, 3.05) is 26.4 Å². The summed E-state index contributed by atoms with van der Waals surface area (Å²) < 4.78 is 0.936. The number of hydrogen-bond donors (Lipinski definition) is 1. The summed E-state index contributed by atoms with van der Waals surface area (Å²) in [6, 6.07) is 1.97. The summed E-state index contributed by atoms with van der Waals surface area (Å²) in [5.74, 6) is 0.554. The van der Waals surface area contributed by atoms with Crippen molar-refractivity contribution in [1.82, 2.24) is 9.88 Å². The van der Waals surface area contributed by atoms with Gasteiger partial charge in [0.15, 0.2) is 0 Å². The molecule has 0 atom stereocenters. The van der Waals surface area contributed by atoms with Crippen LogP contribution >= 0.6 is 15.9 Å². The maximum absolute atomic E-state index is 5.82. The molecule has 4 heteroatoms. The Morgan fingerprint density at radius 1 is 1.56 bits per heavy atom. The molecule has 0 unspecified atom stereocenters. The van der Waals surface area contributed by atoms with E-state index in [0.29, 0.717) is 5.82 Å². The van der Waals surface area contributed by atoms with Gasteiger partial charge in [-0.05, 0) is 61.1 Å². The SMILES string of the molecule is C=C(CCCN(C)C)c1cc(Br)cnc1N. The van der Waals surface area contributed by atoms with Gasteiger partial charge in [0.05, 0.1) is 0 Å². The third kappa shape index (κ3) is 3.94. The lowest BCUT2D eigenvalue weighted by Crippen LogP contribution is -2.12. The lowest BCUT2D eigenvalue weighted by atomic mass is 10.0. The standard InChI is InChI=1S/C12H18BrN3/c1-9(5-4-6-16(2)3)11-7-10(13)8-15-12(11)14/h7-8H,1,4-6H2,2-3H3,(H2,14,15). The first kappa shape index (κ1) is 13.2. The molecule has 0 bridgehead atoms. The first-order chi connectivity index (χ1) is 7.50. The number of nitrogens with zero attached hydrogens (tertiary/aromatic N) is 2. The Morgan fingerprint density at radius 3 is 2.88 bits per heavy atom. The highest BCUT2D eigenvalue weighted by atomic mass is 79.9. The van der Waals surface area contributed by atoms with Crippen molar-refractivity contribution in [3.63, 3.8) is 0 Å². The Labute approximate surface area is 105 Å². The van der Waals surface area contributed by atoms with Gasteiger partial charge in [-0.15, -0.1) is 0 Å². The van der Waals surface area contributed by atoms with E-state index in [0.717, 1.165) is 35.0 Å². The van der Waals surface area contributed by atoms with E-state index in [9.17, 15) is 0 Å². The van der Waals surface area contributed by atoms with E-state index in [1.165, 1.54) is 0 Å². The van der Waals surface area contributed by atoms with Crippen LogP contribution in [-0.2, 0) is 0 Å². The number of anilines is 1. The first-order valence-electron chi connectivity index (χ1n) is 5.24. The molecule has 0 aliphatic rings. The highest BCUT2D eigenvalue weighted by Crippen LogP contribution is 2.25. The van der Waals surface area contributed by atoms with Crippen LogP contribution in [0.15, 0.2) is 23.3 Å². The molecule has 1 aromatic rings. The van der Waals surface area contributed by atoms with Gasteiger partial charge in [-0.1, -0.05) is 6.58 Å². The van der Waals surface area contributed by atoms with Gasteiger partial charge in [0, 0.05) is 16.2 Å². The summed E-state index contributed by atoms with van der Waals surface area (Å²) in [5, 5.41) is 0. The van der Waals surface area contributed by atoms with E-state index < -0.39 is 0 Å². The first-order valence-corrected chi connectivity index (χ1v) is 6.04. The second kappa shape index (κ2) is 6.01. The molecule has 0 spiro atoms. The van der Waals surface area contributed by atoms with E-state index in [2.05, 4.69) is 46.5 Å². The van der Waals surface area contributed by atoms with E-state index in [1.54, 1.807) is 6.20 Å². The summed E-state index contributed by atoms with van der Waals surface area (Å²) in [6.45, 7) is 5.12. The number of pyridine rings is 1. The summed E-state index contributed by atoms with van der Waals surface area (Å²) in [7, 11) is 4.13. The van der Waals surface area contributed by atoms with Crippen molar-refractivity contribution in [2.24, 2.45) is 0 Å². The molecule has 88 valence electrons. The fraction of sp³-hybridized carbons (Fsp3) is 0.417. The third-order valence-electron chi connectivity index (χ3n) is 2.35. The number of nitrogen functional groups attached to an aromatic ring is 1. The Hall–Kier alpha value is -0.870. The summed E-state index contributed by atoms with van der Waals surface area (Å²) >= 11 is 3.39. The van der Waals surface area contributed by atoms with Crippen molar-refractivity contribution in [2.45, 2.75) is 12.8 Å².